The van der Waals surface area contributed by atoms with E-state index in [2.05, 4.69) is 20.0 Å². The third-order valence-electron chi connectivity index (χ3n) is 5.63. The molecule has 0 aliphatic carbocycles. The van der Waals surface area contributed by atoms with Crippen LogP contribution in [0.4, 0.5) is 24.7 Å². The number of morpholine rings is 1. The first-order valence-corrected chi connectivity index (χ1v) is 9.71. The Hall–Kier alpha value is -3.28. The number of hydrogen-bond acceptors (Lipinski definition) is 7. The number of aromatic nitrogens is 4. The fraction of sp³-hybridized carbons (Fsp3) is 0.421. The van der Waals surface area contributed by atoms with Crippen LogP contribution in [0.25, 0.3) is 22.4 Å². The molecule has 31 heavy (non-hydrogen) atoms. The van der Waals surface area contributed by atoms with Crippen LogP contribution in [-0.4, -0.2) is 56.1 Å². The average Bonchev–Trinajstić information content (AvgIpc) is 3.23. The molecule has 0 amide bonds. The van der Waals surface area contributed by atoms with Crippen LogP contribution in [0.3, 0.4) is 0 Å². The predicted molar refractivity (Wildman–Crippen MR) is 104 cm³/mol. The van der Waals surface area contributed by atoms with Gasteiger partial charge in [0, 0.05) is 17.7 Å². The first kappa shape index (κ1) is 19.7. The van der Waals surface area contributed by atoms with Gasteiger partial charge >= 0.3 is 6.18 Å². The van der Waals surface area contributed by atoms with Crippen LogP contribution in [0, 0.1) is 10.1 Å². The van der Waals surface area contributed by atoms with Gasteiger partial charge in [-0.2, -0.15) is 18.3 Å². The van der Waals surface area contributed by atoms with Crippen LogP contribution in [0.2, 0.25) is 0 Å². The van der Waals surface area contributed by atoms with Gasteiger partial charge in [0.15, 0.2) is 11.5 Å². The average molecular weight is 434 g/mol. The van der Waals surface area contributed by atoms with Crippen LogP contribution < -0.4 is 4.90 Å². The highest BCUT2D eigenvalue weighted by atomic mass is 19.4. The third-order valence-corrected chi connectivity index (χ3v) is 5.63. The Balaban J connectivity index is 1.67. The smallest absolute Gasteiger partial charge is 0.377 e. The highest BCUT2D eigenvalue weighted by Gasteiger charge is 2.40. The molecule has 2 bridgehead atoms. The highest BCUT2D eigenvalue weighted by Crippen LogP contribution is 2.38. The summed E-state index contributed by atoms with van der Waals surface area (Å²) in [6.45, 7) is -0.236. The molecule has 2 unspecified atom stereocenters. The number of benzene rings is 1. The third kappa shape index (κ3) is 3.56. The molecule has 2 atom stereocenters. The van der Waals surface area contributed by atoms with E-state index in [9.17, 15) is 23.3 Å². The molecule has 2 saturated heterocycles. The number of nitro benzene ring substituents is 1. The second-order valence-corrected chi connectivity index (χ2v) is 7.66. The van der Waals surface area contributed by atoms with Gasteiger partial charge in [-0.15, -0.1) is 0 Å². The molecule has 0 N–H and O–H groups in total. The van der Waals surface area contributed by atoms with Crippen molar-refractivity contribution in [2.75, 3.05) is 18.1 Å². The summed E-state index contributed by atoms with van der Waals surface area (Å²) in [5, 5.41) is 15.3. The number of fused-ring (bicyclic) bond motifs is 3. The van der Waals surface area contributed by atoms with Crippen molar-refractivity contribution in [2.45, 2.75) is 37.6 Å². The lowest BCUT2D eigenvalue weighted by molar-refractivity contribution is -0.384. The molecule has 1 aromatic carbocycles. The van der Waals surface area contributed by atoms with Gasteiger partial charge in [-0.3, -0.25) is 10.1 Å². The van der Waals surface area contributed by atoms with Crippen molar-refractivity contribution in [3.8, 4) is 11.4 Å². The summed E-state index contributed by atoms with van der Waals surface area (Å²) in [6, 6.07) is 5.75. The van der Waals surface area contributed by atoms with E-state index in [1.165, 1.54) is 30.5 Å². The molecule has 2 aromatic heterocycles. The van der Waals surface area contributed by atoms with Gasteiger partial charge in [0.2, 0.25) is 0 Å². The minimum absolute atomic E-state index is 0.0709. The van der Waals surface area contributed by atoms with E-state index in [1.54, 1.807) is 0 Å². The Labute approximate surface area is 173 Å². The molecule has 3 aromatic rings. The molecule has 5 rings (SSSR count). The van der Waals surface area contributed by atoms with Gasteiger partial charge in [-0.05, 0) is 25.0 Å². The fourth-order valence-corrected chi connectivity index (χ4v) is 4.26. The molecule has 12 heteroatoms. The lowest BCUT2D eigenvalue weighted by Gasteiger charge is -2.36. The summed E-state index contributed by atoms with van der Waals surface area (Å²) in [5.74, 6) is 0.704. The van der Waals surface area contributed by atoms with Crippen molar-refractivity contribution in [2.24, 2.45) is 0 Å². The minimum Gasteiger partial charge on any atom is -0.377 e. The first-order chi connectivity index (χ1) is 14.8. The monoisotopic (exact) mass is 434 g/mol. The van der Waals surface area contributed by atoms with Crippen molar-refractivity contribution < 1.29 is 22.8 Å². The maximum Gasteiger partial charge on any atom is 0.408 e. The molecule has 2 aliphatic rings. The van der Waals surface area contributed by atoms with Gasteiger partial charge < -0.3 is 9.64 Å². The molecule has 0 radical (unpaired) electrons. The van der Waals surface area contributed by atoms with Crippen LogP contribution in [0.5, 0.6) is 0 Å². The molecular formula is C19H17F3N6O3. The topological polar surface area (TPSA) is 99.2 Å². The van der Waals surface area contributed by atoms with Gasteiger partial charge in [0.1, 0.15) is 12.4 Å². The van der Waals surface area contributed by atoms with Gasteiger partial charge in [0.05, 0.1) is 41.8 Å². The number of nitro groups is 1. The van der Waals surface area contributed by atoms with Crippen LogP contribution in [0.1, 0.15) is 12.8 Å². The van der Waals surface area contributed by atoms with Crippen LogP contribution in [0.15, 0.2) is 30.5 Å². The van der Waals surface area contributed by atoms with Crippen LogP contribution in [-0.2, 0) is 11.3 Å². The van der Waals surface area contributed by atoms with Crippen molar-refractivity contribution >= 4 is 22.5 Å². The number of alkyl halides is 3. The van der Waals surface area contributed by atoms with E-state index in [-0.39, 0.29) is 29.2 Å². The summed E-state index contributed by atoms with van der Waals surface area (Å²) < 4.78 is 45.7. The normalized spacial score (nSPS) is 21.1. The van der Waals surface area contributed by atoms with Gasteiger partial charge in [0.25, 0.3) is 5.69 Å². The maximum atomic E-state index is 13.1. The summed E-state index contributed by atoms with van der Waals surface area (Å²) in [6.07, 6.45) is -1.29. The highest BCUT2D eigenvalue weighted by molar-refractivity contribution is 5.89. The standard InChI is InChI=1S/C19H17F3N6O3/c20-19(21,22)10-26-17-15(7-23-26)18(27-13-5-6-14(27)9-31-8-13)25-16(24-17)11-1-3-12(4-2-11)28(29)30/h1-4,7,13-14H,5-6,8-10H2. The van der Waals surface area contributed by atoms with Crippen molar-refractivity contribution in [1.82, 2.24) is 19.7 Å². The largest absolute Gasteiger partial charge is 0.408 e. The minimum atomic E-state index is -4.46. The van der Waals surface area contributed by atoms with Crippen molar-refractivity contribution in [1.29, 1.82) is 0 Å². The second-order valence-electron chi connectivity index (χ2n) is 7.66. The quantitative estimate of drug-likeness (QED) is 0.459. The molecule has 4 heterocycles. The number of anilines is 1. The van der Waals surface area contributed by atoms with E-state index in [0.717, 1.165) is 17.5 Å². The summed E-state index contributed by atoms with van der Waals surface area (Å²) >= 11 is 0. The number of halogens is 3. The van der Waals surface area contributed by atoms with E-state index in [0.29, 0.717) is 30.0 Å². The zero-order chi connectivity index (χ0) is 21.8. The number of ether oxygens (including phenoxy) is 1. The second kappa shape index (κ2) is 7.15. The summed E-state index contributed by atoms with van der Waals surface area (Å²) in [5.41, 5.74) is 0.439. The Morgan fingerprint density at radius 1 is 1.13 bits per heavy atom. The Morgan fingerprint density at radius 2 is 1.81 bits per heavy atom. The molecule has 0 spiro atoms. The van der Waals surface area contributed by atoms with E-state index in [4.69, 9.17) is 4.74 Å². The molecule has 2 aliphatic heterocycles. The fourth-order valence-electron chi connectivity index (χ4n) is 4.26. The molecule has 2 fully saturated rings. The van der Waals surface area contributed by atoms with E-state index in [1.807, 2.05) is 0 Å². The number of non-ortho nitro benzene ring substituents is 1. The SMILES string of the molecule is O=[N+]([O-])c1ccc(-c2nc(N3C4CCC3COC4)c3cnn(CC(F)(F)F)c3n2)cc1. The summed E-state index contributed by atoms with van der Waals surface area (Å²) in [4.78, 5) is 21.5. The first-order valence-electron chi connectivity index (χ1n) is 9.71. The van der Waals surface area contributed by atoms with Crippen molar-refractivity contribution in [3.63, 3.8) is 0 Å². The van der Waals surface area contributed by atoms with E-state index >= 15 is 0 Å². The Kier molecular flexibility index (Phi) is 4.54. The summed E-state index contributed by atoms with van der Waals surface area (Å²) in [7, 11) is 0. The Bertz CT molecular complexity index is 1130. The zero-order valence-corrected chi connectivity index (χ0v) is 16.1. The Morgan fingerprint density at radius 3 is 2.42 bits per heavy atom. The van der Waals surface area contributed by atoms with Gasteiger partial charge in [-0.25, -0.2) is 14.6 Å². The maximum absolute atomic E-state index is 13.1. The zero-order valence-electron chi connectivity index (χ0n) is 16.1. The molecular weight excluding hydrogens is 417 g/mol. The van der Waals surface area contributed by atoms with Gasteiger partial charge in [-0.1, -0.05) is 0 Å². The molecule has 162 valence electrons. The number of rotatable bonds is 4. The molecule has 9 nitrogen and oxygen atoms in total. The predicted octanol–water partition coefficient (Wildman–Crippen LogP) is 3.33. The van der Waals surface area contributed by atoms with Crippen molar-refractivity contribution in [3.05, 3.63) is 40.6 Å². The van der Waals surface area contributed by atoms with E-state index < -0.39 is 17.6 Å². The lowest BCUT2D eigenvalue weighted by Crippen LogP contribution is -2.46. The molecule has 0 saturated carbocycles. The number of hydrogen-bond donors (Lipinski definition) is 0. The number of nitrogens with zero attached hydrogens (tertiary/aromatic N) is 6. The van der Waals surface area contributed by atoms with Crippen LogP contribution >= 0.6 is 0 Å². The lowest BCUT2D eigenvalue weighted by atomic mass is 10.2.